The van der Waals surface area contributed by atoms with E-state index in [0.717, 1.165) is 6.42 Å². The van der Waals surface area contributed by atoms with E-state index in [0.29, 0.717) is 15.9 Å². The minimum absolute atomic E-state index is 0.0400. The number of aliphatic carboxylic acids is 1. The monoisotopic (exact) mass is 244 g/mol. The van der Waals surface area contributed by atoms with Crippen LogP contribution in [0.1, 0.15) is 25.7 Å². The van der Waals surface area contributed by atoms with Crippen molar-refractivity contribution in [3.8, 4) is 0 Å². The van der Waals surface area contributed by atoms with E-state index in [4.69, 9.17) is 0 Å². The molecule has 2 nitrogen and oxygen atoms in total. The van der Waals surface area contributed by atoms with E-state index in [1.807, 2.05) is 0 Å². The van der Waals surface area contributed by atoms with Crippen LogP contribution in [0.4, 0.5) is 0 Å². The first-order valence-corrected chi connectivity index (χ1v) is 7.69. The Kier molecular flexibility index (Phi) is 2.47. The highest BCUT2D eigenvalue weighted by Gasteiger charge is 2.58. The summed E-state index contributed by atoms with van der Waals surface area (Å²) in [5, 5.41) is 9.23. The molecule has 1 aliphatic heterocycles. The predicted molar refractivity (Wildman–Crippen MR) is 64.2 cm³/mol. The highest BCUT2D eigenvalue weighted by atomic mass is 32.2. The zero-order valence-corrected chi connectivity index (χ0v) is 10.3. The Bertz CT molecular complexity index is 286. The van der Waals surface area contributed by atoms with Crippen LogP contribution in [0.2, 0.25) is 0 Å². The van der Waals surface area contributed by atoms with E-state index in [1.54, 1.807) is 0 Å². The standard InChI is InChI=1S/C11H16O2S2/c12-10(13)8-4-7-5-9(8)11(6-7)14-2-1-3-15-11/h7-9H,1-6H2,(H,12,13)/t7-,8-,9+/m1/s1. The van der Waals surface area contributed by atoms with Gasteiger partial charge in [-0.05, 0) is 49.0 Å². The number of hydrogen-bond donors (Lipinski definition) is 1. The molecule has 1 saturated heterocycles. The number of thioether (sulfide) groups is 2. The van der Waals surface area contributed by atoms with Crippen LogP contribution in [0.3, 0.4) is 0 Å². The van der Waals surface area contributed by atoms with Gasteiger partial charge in [0.15, 0.2) is 0 Å². The normalized spacial score (nSPS) is 42.3. The van der Waals surface area contributed by atoms with Crippen molar-refractivity contribution >= 4 is 29.5 Å². The fraction of sp³-hybridized carbons (Fsp3) is 0.909. The minimum atomic E-state index is -0.548. The summed E-state index contributed by atoms with van der Waals surface area (Å²) in [6.45, 7) is 0. The van der Waals surface area contributed by atoms with Crippen LogP contribution in [-0.4, -0.2) is 26.7 Å². The first-order valence-electron chi connectivity index (χ1n) is 5.72. The number of rotatable bonds is 1. The van der Waals surface area contributed by atoms with Gasteiger partial charge < -0.3 is 5.11 Å². The highest BCUT2D eigenvalue weighted by molar-refractivity contribution is 8.18. The number of hydrogen-bond acceptors (Lipinski definition) is 3. The molecule has 2 aliphatic carbocycles. The number of fused-ring (bicyclic) bond motifs is 3. The summed E-state index contributed by atoms with van der Waals surface area (Å²) in [5.74, 6) is 3.05. The Labute approximate surface area is 98.6 Å². The maximum atomic E-state index is 11.2. The molecule has 15 heavy (non-hydrogen) atoms. The molecule has 1 spiro atoms. The van der Waals surface area contributed by atoms with Gasteiger partial charge in [-0.1, -0.05) is 0 Å². The highest BCUT2D eigenvalue weighted by Crippen LogP contribution is 2.65. The smallest absolute Gasteiger partial charge is 0.306 e. The fourth-order valence-corrected chi connectivity index (χ4v) is 7.49. The fourth-order valence-electron chi connectivity index (χ4n) is 3.54. The van der Waals surface area contributed by atoms with Gasteiger partial charge in [0.05, 0.1) is 10.00 Å². The van der Waals surface area contributed by atoms with Crippen molar-refractivity contribution in [2.75, 3.05) is 11.5 Å². The molecule has 0 aromatic rings. The zero-order chi connectivity index (χ0) is 10.5. The van der Waals surface area contributed by atoms with E-state index in [2.05, 4.69) is 23.5 Å². The first-order chi connectivity index (χ1) is 7.21. The van der Waals surface area contributed by atoms with Crippen LogP contribution in [0.25, 0.3) is 0 Å². The van der Waals surface area contributed by atoms with Gasteiger partial charge >= 0.3 is 5.97 Å². The van der Waals surface area contributed by atoms with Gasteiger partial charge in [-0.3, -0.25) is 4.79 Å². The second-order valence-electron chi connectivity index (χ2n) is 4.96. The molecule has 1 N–H and O–H groups in total. The Morgan fingerprint density at radius 3 is 2.60 bits per heavy atom. The second-order valence-corrected chi connectivity index (χ2v) is 8.06. The molecule has 84 valence electrons. The topological polar surface area (TPSA) is 37.3 Å². The summed E-state index contributed by atoms with van der Waals surface area (Å²) in [5.41, 5.74) is 0. The van der Waals surface area contributed by atoms with Crippen LogP contribution in [-0.2, 0) is 4.79 Å². The number of carboxylic acids is 1. The molecular weight excluding hydrogens is 228 g/mol. The lowest BCUT2D eigenvalue weighted by Crippen LogP contribution is -2.39. The molecule has 2 bridgehead atoms. The lowest BCUT2D eigenvalue weighted by Gasteiger charge is -2.41. The first kappa shape index (κ1) is 10.3. The molecule has 1 heterocycles. The van der Waals surface area contributed by atoms with Crippen molar-refractivity contribution in [2.24, 2.45) is 17.8 Å². The predicted octanol–water partition coefficient (Wildman–Crippen LogP) is 2.68. The Morgan fingerprint density at radius 2 is 2.00 bits per heavy atom. The van der Waals surface area contributed by atoms with E-state index in [1.165, 1.54) is 30.8 Å². The third-order valence-corrected chi connectivity index (χ3v) is 7.71. The molecule has 0 unspecified atom stereocenters. The van der Waals surface area contributed by atoms with Gasteiger partial charge in [-0.25, -0.2) is 0 Å². The van der Waals surface area contributed by atoms with Crippen molar-refractivity contribution in [1.82, 2.24) is 0 Å². The summed E-state index contributed by atoms with van der Waals surface area (Å²) in [6.07, 6.45) is 4.70. The molecule has 0 aromatic carbocycles. The molecule has 3 aliphatic rings. The Morgan fingerprint density at radius 1 is 1.27 bits per heavy atom. The summed E-state index contributed by atoms with van der Waals surface area (Å²) < 4.78 is 0.296. The third kappa shape index (κ3) is 1.52. The average Bonchev–Trinajstić information content (AvgIpc) is 2.76. The Hall–Kier alpha value is 0.170. The zero-order valence-electron chi connectivity index (χ0n) is 8.65. The van der Waals surface area contributed by atoms with Gasteiger partial charge in [0.1, 0.15) is 0 Å². The summed E-state index contributed by atoms with van der Waals surface area (Å²) >= 11 is 4.11. The third-order valence-electron chi connectivity index (χ3n) is 4.10. The van der Waals surface area contributed by atoms with Gasteiger partial charge in [0, 0.05) is 0 Å². The van der Waals surface area contributed by atoms with Crippen molar-refractivity contribution in [2.45, 2.75) is 29.8 Å². The average molecular weight is 244 g/mol. The quantitative estimate of drug-likeness (QED) is 0.769. The Balaban J connectivity index is 1.84. The summed E-state index contributed by atoms with van der Waals surface area (Å²) in [4.78, 5) is 11.2. The van der Waals surface area contributed by atoms with E-state index in [9.17, 15) is 9.90 Å². The molecule has 3 atom stereocenters. The second kappa shape index (κ2) is 3.59. The molecule has 4 heteroatoms. The maximum absolute atomic E-state index is 11.2. The molecule has 0 radical (unpaired) electrons. The van der Waals surface area contributed by atoms with Crippen LogP contribution >= 0.6 is 23.5 Å². The van der Waals surface area contributed by atoms with Crippen LogP contribution in [0.15, 0.2) is 0 Å². The molecule has 0 amide bonds. The van der Waals surface area contributed by atoms with E-state index < -0.39 is 5.97 Å². The van der Waals surface area contributed by atoms with Crippen molar-refractivity contribution in [3.63, 3.8) is 0 Å². The van der Waals surface area contributed by atoms with Gasteiger partial charge in [-0.15, -0.1) is 23.5 Å². The maximum Gasteiger partial charge on any atom is 0.306 e. The van der Waals surface area contributed by atoms with Crippen LogP contribution in [0.5, 0.6) is 0 Å². The van der Waals surface area contributed by atoms with Crippen molar-refractivity contribution < 1.29 is 9.90 Å². The van der Waals surface area contributed by atoms with Crippen molar-refractivity contribution in [3.05, 3.63) is 0 Å². The lowest BCUT2D eigenvalue weighted by molar-refractivity contribution is -0.143. The van der Waals surface area contributed by atoms with Gasteiger partial charge in [-0.2, -0.15) is 0 Å². The number of carboxylic acid groups (broad SMARTS) is 1. The van der Waals surface area contributed by atoms with Gasteiger partial charge in [0.25, 0.3) is 0 Å². The van der Waals surface area contributed by atoms with Crippen LogP contribution < -0.4 is 0 Å². The molecule has 3 rings (SSSR count). The van der Waals surface area contributed by atoms with E-state index in [-0.39, 0.29) is 5.92 Å². The van der Waals surface area contributed by atoms with Gasteiger partial charge in [0.2, 0.25) is 0 Å². The van der Waals surface area contributed by atoms with Crippen LogP contribution in [0, 0.1) is 17.8 Å². The number of carbonyl (C=O) groups is 1. The minimum Gasteiger partial charge on any atom is -0.481 e. The molecule has 3 fully saturated rings. The summed E-state index contributed by atoms with van der Waals surface area (Å²) in [6, 6.07) is 0. The van der Waals surface area contributed by atoms with Crippen molar-refractivity contribution in [1.29, 1.82) is 0 Å². The van der Waals surface area contributed by atoms with E-state index >= 15 is 0 Å². The molecular formula is C11H16O2S2. The lowest BCUT2D eigenvalue weighted by atomic mass is 9.88. The largest absolute Gasteiger partial charge is 0.481 e. The SMILES string of the molecule is O=C(O)[C@@H]1C[C@@H]2C[C@@H]1C1(C2)SCCCS1. The summed E-state index contributed by atoms with van der Waals surface area (Å²) in [7, 11) is 0. The molecule has 0 aromatic heterocycles. The molecule has 2 saturated carbocycles.